The van der Waals surface area contributed by atoms with Gasteiger partial charge in [-0.1, -0.05) is 39.0 Å². The van der Waals surface area contributed by atoms with Crippen molar-refractivity contribution in [2.45, 2.75) is 51.9 Å². The molecule has 1 unspecified atom stereocenters. The molecule has 0 saturated heterocycles. The van der Waals surface area contributed by atoms with Crippen LogP contribution in [-0.2, 0) is 4.79 Å². The molecule has 0 radical (unpaired) electrons. The molecule has 2 heteroatoms. The van der Waals surface area contributed by atoms with Crippen LogP contribution >= 0.6 is 0 Å². The van der Waals surface area contributed by atoms with E-state index in [2.05, 4.69) is 0 Å². The molecule has 0 amide bonds. The minimum Gasteiger partial charge on any atom is -0.330 e. The molecular formula is C12H23NO. The van der Waals surface area contributed by atoms with Gasteiger partial charge in [0.2, 0.25) is 0 Å². The summed E-state index contributed by atoms with van der Waals surface area (Å²) in [4.78, 5) is 11.7. The third-order valence-electron chi connectivity index (χ3n) is 3.36. The number of ketones is 1. The molecule has 14 heavy (non-hydrogen) atoms. The standard InChI is InChI=1S/C12H23NO/c1-10(7-8-13)12(14)9-11-5-3-2-4-6-11/h10-11H,2-9,13H2,1H3. The van der Waals surface area contributed by atoms with Gasteiger partial charge < -0.3 is 5.73 Å². The molecule has 1 atom stereocenters. The van der Waals surface area contributed by atoms with Gasteiger partial charge in [-0.3, -0.25) is 4.79 Å². The van der Waals surface area contributed by atoms with E-state index in [1.54, 1.807) is 0 Å². The molecule has 1 saturated carbocycles. The van der Waals surface area contributed by atoms with Gasteiger partial charge in [-0.25, -0.2) is 0 Å². The number of hydrogen-bond donors (Lipinski definition) is 1. The zero-order chi connectivity index (χ0) is 10.4. The Bertz CT molecular complexity index is 173. The van der Waals surface area contributed by atoms with E-state index < -0.39 is 0 Å². The highest BCUT2D eigenvalue weighted by Crippen LogP contribution is 2.27. The van der Waals surface area contributed by atoms with Gasteiger partial charge in [-0.2, -0.15) is 0 Å². The number of carbonyl (C=O) groups excluding carboxylic acids is 1. The Morgan fingerprint density at radius 3 is 2.57 bits per heavy atom. The summed E-state index contributed by atoms with van der Waals surface area (Å²) in [7, 11) is 0. The first kappa shape index (κ1) is 11.7. The van der Waals surface area contributed by atoms with Crippen molar-refractivity contribution in [3.63, 3.8) is 0 Å². The Balaban J connectivity index is 2.24. The maximum atomic E-state index is 11.7. The molecule has 0 aromatic heterocycles. The lowest BCUT2D eigenvalue weighted by atomic mass is 9.83. The molecule has 0 aromatic rings. The quantitative estimate of drug-likeness (QED) is 0.736. The number of Topliss-reactive ketones (excluding diaryl/α,β-unsaturated/α-hetero) is 1. The second-order valence-electron chi connectivity index (χ2n) is 4.65. The fourth-order valence-electron chi connectivity index (χ4n) is 2.29. The highest BCUT2D eigenvalue weighted by atomic mass is 16.1. The second kappa shape index (κ2) is 6.18. The van der Waals surface area contributed by atoms with Gasteiger partial charge in [-0.15, -0.1) is 0 Å². The molecule has 82 valence electrons. The van der Waals surface area contributed by atoms with Crippen LogP contribution in [0.5, 0.6) is 0 Å². The monoisotopic (exact) mass is 197 g/mol. The number of rotatable bonds is 5. The second-order valence-corrected chi connectivity index (χ2v) is 4.65. The first-order valence-electron chi connectivity index (χ1n) is 5.96. The van der Waals surface area contributed by atoms with Gasteiger partial charge in [0.25, 0.3) is 0 Å². The van der Waals surface area contributed by atoms with Crippen molar-refractivity contribution in [2.24, 2.45) is 17.6 Å². The topological polar surface area (TPSA) is 43.1 Å². The fourth-order valence-corrected chi connectivity index (χ4v) is 2.29. The minimum absolute atomic E-state index is 0.182. The average molecular weight is 197 g/mol. The lowest BCUT2D eigenvalue weighted by Gasteiger charge is -2.22. The van der Waals surface area contributed by atoms with Gasteiger partial charge in [-0.05, 0) is 18.9 Å². The summed E-state index contributed by atoms with van der Waals surface area (Å²) < 4.78 is 0. The van der Waals surface area contributed by atoms with Crippen molar-refractivity contribution in [3.05, 3.63) is 0 Å². The predicted octanol–water partition coefficient (Wildman–Crippen LogP) is 2.51. The third kappa shape index (κ3) is 3.79. The van der Waals surface area contributed by atoms with E-state index in [1.807, 2.05) is 6.92 Å². The van der Waals surface area contributed by atoms with Gasteiger partial charge >= 0.3 is 0 Å². The van der Waals surface area contributed by atoms with E-state index in [4.69, 9.17) is 5.73 Å². The molecule has 0 aliphatic heterocycles. The minimum atomic E-state index is 0.182. The summed E-state index contributed by atoms with van der Waals surface area (Å²) in [6, 6.07) is 0. The molecule has 1 aliphatic carbocycles. The predicted molar refractivity (Wildman–Crippen MR) is 59.0 cm³/mol. The van der Waals surface area contributed by atoms with Crippen LogP contribution in [0.3, 0.4) is 0 Å². The summed E-state index contributed by atoms with van der Waals surface area (Å²) in [5, 5.41) is 0. The zero-order valence-corrected chi connectivity index (χ0v) is 9.30. The van der Waals surface area contributed by atoms with Crippen LogP contribution in [0.2, 0.25) is 0 Å². The normalized spacial score (nSPS) is 20.7. The zero-order valence-electron chi connectivity index (χ0n) is 9.30. The molecule has 0 aromatic carbocycles. The molecule has 1 rings (SSSR count). The van der Waals surface area contributed by atoms with Gasteiger partial charge in [0.1, 0.15) is 5.78 Å². The Hall–Kier alpha value is -0.370. The SMILES string of the molecule is CC(CCN)C(=O)CC1CCCCC1. The van der Waals surface area contributed by atoms with E-state index in [0.717, 1.165) is 12.8 Å². The highest BCUT2D eigenvalue weighted by molar-refractivity contribution is 5.80. The van der Waals surface area contributed by atoms with Crippen molar-refractivity contribution in [3.8, 4) is 0 Å². The third-order valence-corrected chi connectivity index (χ3v) is 3.36. The van der Waals surface area contributed by atoms with Crippen LogP contribution in [0, 0.1) is 11.8 Å². The first-order chi connectivity index (χ1) is 6.74. The Morgan fingerprint density at radius 2 is 2.00 bits per heavy atom. The van der Waals surface area contributed by atoms with E-state index in [9.17, 15) is 4.79 Å². The molecule has 2 nitrogen and oxygen atoms in total. The van der Waals surface area contributed by atoms with E-state index >= 15 is 0 Å². The van der Waals surface area contributed by atoms with Gasteiger partial charge in [0.05, 0.1) is 0 Å². The van der Waals surface area contributed by atoms with Gasteiger partial charge in [0, 0.05) is 12.3 Å². The Kier molecular flexibility index (Phi) is 5.16. The van der Waals surface area contributed by atoms with Crippen LogP contribution in [0.4, 0.5) is 0 Å². The van der Waals surface area contributed by atoms with Crippen molar-refractivity contribution < 1.29 is 4.79 Å². The van der Waals surface area contributed by atoms with Crippen LogP contribution in [0.15, 0.2) is 0 Å². The van der Waals surface area contributed by atoms with Crippen molar-refractivity contribution in [1.29, 1.82) is 0 Å². The van der Waals surface area contributed by atoms with E-state index in [1.165, 1.54) is 32.1 Å². The summed E-state index contributed by atoms with van der Waals surface area (Å²) in [6.07, 6.45) is 8.20. The van der Waals surface area contributed by atoms with Crippen LogP contribution in [0.25, 0.3) is 0 Å². The number of hydrogen-bond acceptors (Lipinski definition) is 2. The Labute approximate surface area is 87.2 Å². The summed E-state index contributed by atoms with van der Waals surface area (Å²) in [5.41, 5.74) is 5.45. The van der Waals surface area contributed by atoms with Crippen molar-refractivity contribution >= 4 is 5.78 Å². The van der Waals surface area contributed by atoms with E-state index in [-0.39, 0.29) is 5.92 Å². The lowest BCUT2D eigenvalue weighted by Crippen LogP contribution is -2.19. The van der Waals surface area contributed by atoms with Gasteiger partial charge in [0.15, 0.2) is 0 Å². The van der Waals surface area contributed by atoms with Crippen molar-refractivity contribution in [2.75, 3.05) is 6.54 Å². The first-order valence-corrected chi connectivity index (χ1v) is 5.96. The lowest BCUT2D eigenvalue weighted by molar-refractivity contribution is -0.123. The molecule has 0 bridgehead atoms. The molecule has 0 heterocycles. The average Bonchev–Trinajstić information content (AvgIpc) is 2.19. The highest BCUT2D eigenvalue weighted by Gasteiger charge is 2.19. The molecule has 0 spiro atoms. The van der Waals surface area contributed by atoms with Crippen molar-refractivity contribution in [1.82, 2.24) is 0 Å². The molecule has 1 aliphatic rings. The van der Waals surface area contributed by atoms with E-state index in [0.29, 0.717) is 18.2 Å². The molecule has 2 N–H and O–H groups in total. The smallest absolute Gasteiger partial charge is 0.136 e. The number of carbonyl (C=O) groups is 1. The fraction of sp³-hybridized carbons (Fsp3) is 0.917. The van der Waals surface area contributed by atoms with Crippen LogP contribution < -0.4 is 5.73 Å². The summed E-state index contributed by atoms with van der Waals surface area (Å²) >= 11 is 0. The Morgan fingerprint density at radius 1 is 1.36 bits per heavy atom. The maximum Gasteiger partial charge on any atom is 0.136 e. The number of nitrogens with two attached hydrogens (primary N) is 1. The maximum absolute atomic E-state index is 11.7. The molecule has 1 fully saturated rings. The molecular weight excluding hydrogens is 174 g/mol. The van der Waals surface area contributed by atoms with Crippen LogP contribution in [0.1, 0.15) is 51.9 Å². The largest absolute Gasteiger partial charge is 0.330 e. The summed E-state index contributed by atoms with van der Waals surface area (Å²) in [6.45, 7) is 2.65. The van der Waals surface area contributed by atoms with Crippen LogP contribution in [-0.4, -0.2) is 12.3 Å². The summed E-state index contributed by atoms with van der Waals surface area (Å²) in [5.74, 6) is 1.29.